The maximum absolute atomic E-state index is 11.5. The average Bonchev–Trinajstić information content (AvgIpc) is 2.84. The zero-order valence-electron chi connectivity index (χ0n) is 11.4. The lowest BCUT2D eigenvalue weighted by atomic mass is 9.93. The standard InChI is InChI=1S/C16H15ClN2O2/c17-9-3-4-13-12(8-9)10-5-7-19-6-1-2-11(16(20)21)15(19)14(10)18-13/h3-4,8,18H,1-2,5-7H2,(H,20,21)/p-1. The summed E-state index contributed by atoms with van der Waals surface area (Å²) in [5.74, 6) is -1.06. The van der Waals surface area contributed by atoms with E-state index in [0.29, 0.717) is 17.0 Å². The summed E-state index contributed by atoms with van der Waals surface area (Å²) < 4.78 is 0. The van der Waals surface area contributed by atoms with Crippen molar-refractivity contribution in [1.29, 1.82) is 0 Å². The van der Waals surface area contributed by atoms with Crippen molar-refractivity contribution >= 4 is 34.2 Å². The van der Waals surface area contributed by atoms with Gasteiger partial charge in [-0.25, -0.2) is 0 Å². The quantitative estimate of drug-likeness (QED) is 0.875. The first-order valence-electron chi connectivity index (χ1n) is 7.15. The Balaban J connectivity index is 2.01. The van der Waals surface area contributed by atoms with Crippen LogP contribution in [0.4, 0.5) is 0 Å². The van der Waals surface area contributed by atoms with Gasteiger partial charge in [-0.1, -0.05) is 11.6 Å². The summed E-state index contributed by atoms with van der Waals surface area (Å²) in [6.45, 7) is 1.75. The maximum Gasteiger partial charge on any atom is 0.0696 e. The molecule has 3 heterocycles. The van der Waals surface area contributed by atoms with Crippen LogP contribution in [0.1, 0.15) is 24.1 Å². The van der Waals surface area contributed by atoms with E-state index < -0.39 is 5.97 Å². The Morgan fingerprint density at radius 3 is 2.95 bits per heavy atom. The number of aliphatic carboxylic acids is 1. The van der Waals surface area contributed by atoms with Gasteiger partial charge < -0.3 is 19.8 Å². The lowest BCUT2D eigenvalue weighted by molar-refractivity contribution is -0.299. The fraction of sp³-hybridized carbons (Fsp3) is 0.312. The number of nitrogens with one attached hydrogen (secondary N) is 1. The Hall–Kier alpha value is -1.94. The number of H-pyrrole nitrogens is 1. The Labute approximate surface area is 127 Å². The van der Waals surface area contributed by atoms with E-state index in [0.717, 1.165) is 48.2 Å². The van der Waals surface area contributed by atoms with Crippen molar-refractivity contribution in [3.63, 3.8) is 0 Å². The van der Waals surface area contributed by atoms with E-state index >= 15 is 0 Å². The number of halogens is 1. The van der Waals surface area contributed by atoms with E-state index in [4.69, 9.17) is 11.6 Å². The van der Waals surface area contributed by atoms with Gasteiger partial charge in [-0.05, 0) is 43.0 Å². The topological polar surface area (TPSA) is 59.2 Å². The molecule has 0 atom stereocenters. The van der Waals surface area contributed by atoms with Gasteiger partial charge in [0, 0.05) is 34.6 Å². The SMILES string of the molecule is O=C([O-])C1=C2c3[nH]c4ccc(Cl)cc4c3CCN2CCC1. The molecule has 0 aliphatic carbocycles. The predicted molar refractivity (Wildman–Crippen MR) is 79.7 cm³/mol. The van der Waals surface area contributed by atoms with Crippen LogP contribution in [-0.4, -0.2) is 28.9 Å². The van der Waals surface area contributed by atoms with Crippen molar-refractivity contribution in [2.75, 3.05) is 13.1 Å². The van der Waals surface area contributed by atoms with E-state index in [1.54, 1.807) is 0 Å². The van der Waals surface area contributed by atoms with E-state index in [-0.39, 0.29) is 0 Å². The summed E-state index contributed by atoms with van der Waals surface area (Å²) in [5, 5.41) is 13.2. The fourth-order valence-electron chi connectivity index (χ4n) is 3.53. The highest BCUT2D eigenvalue weighted by molar-refractivity contribution is 6.31. The molecule has 5 heteroatoms. The Bertz CT molecular complexity index is 791. The highest BCUT2D eigenvalue weighted by Gasteiger charge is 2.30. The van der Waals surface area contributed by atoms with Crippen LogP contribution < -0.4 is 5.11 Å². The molecule has 21 heavy (non-hydrogen) atoms. The minimum absolute atomic E-state index is 0.417. The van der Waals surface area contributed by atoms with Gasteiger partial charge in [0.15, 0.2) is 0 Å². The molecular weight excluding hydrogens is 288 g/mol. The van der Waals surface area contributed by atoms with Gasteiger partial charge in [-0.15, -0.1) is 0 Å². The number of fused-ring (bicyclic) bond motifs is 5. The van der Waals surface area contributed by atoms with Crippen molar-refractivity contribution in [3.05, 3.63) is 40.1 Å². The van der Waals surface area contributed by atoms with Crippen LogP contribution in [0.15, 0.2) is 23.8 Å². The first-order chi connectivity index (χ1) is 10.1. The molecule has 4 rings (SSSR count). The third-order valence-electron chi connectivity index (χ3n) is 4.44. The summed E-state index contributed by atoms with van der Waals surface area (Å²) in [4.78, 5) is 17.0. The minimum atomic E-state index is -1.06. The van der Waals surface area contributed by atoms with Crippen molar-refractivity contribution < 1.29 is 9.90 Å². The smallest absolute Gasteiger partial charge is 0.0696 e. The van der Waals surface area contributed by atoms with Gasteiger partial charge in [0.25, 0.3) is 0 Å². The molecule has 2 aliphatic rings. The monoisotopic (exact) mass is 301 g/mol. The number of carbonyl (C=O) groups is 1. The second kappa shape index (κ2) is 4.53. The average molecular weight is 302 g/mol. The molecule has 1 N–H and O–H groups in total. The Kier molecular flexibility index (Phi) is 2.76. The molecule has 4 nitrogen and oxygen atoms in total. The first kappa shape index (κ1) is 12.8. The van der Waals surface area contributed by atoms with E-state index in [9.17, 15) is 9.90 Å². The summed E-state index contributed by atoms with van der Waals surface area (Å²) in [6.07, 6.45) is 2.34. The maximum atomic E-state index is 11.5. The number of aromatic nitrogens is 1. The van der Waals surface area contributed by atoms with Crippen molar-refractivity contribution in [2.24, 2.45) is 0 Å². The number of rotatable bonds is 1. The summed E-state index contributed by atoms with van der Waals surface area (Å²) >= 11 is 6.09. The molecule has 108 valence electrons. The molecule has 0 saturated heterocycles. The number of carboxylic acids is 1. The van der Waals surface area contributed by atoms with Crippen LogP contribution in [0.25, 0.3) is 16.6 Å². The van der Waals surface area contributed by atoms with Crippen molar-refractivity contribution in [2.45, 2.75) is 19.3 Å². The molecule has 0 spiro atoms. The number of hydrogen-bond acceptors (Lipinski definition) is 3. The van der Waals surface area contributed by atoms with E-state index in [1.165, 1.54) is 5.56 Å². The molecular formula is C16H14ClN2O2-. The molecule has 0 amide bonds. The van der Waals surface area contributed by atoms with Crippen LogP contribution in [0.3, 0.4) is 0 Å². The van der Waals surface area contributed by atoms with Crippen LogP contribution in [0.5, 0.6) is 0 Å². The highest BCUT2D eigenvalue weighted by atomic mass is 35.5. The zero-order valence-corrected chi connectivity index (χ0v) is 12.2. The highest BCUT2D eigenvalue weighted by Crippen LogP contribution is 2.39. The van der Waals surface area contributed by atoms with Gasteiger partial charge >= 0.3 is 0 Å². The van der Waals surface area contributed by atoms with Crippen LogP contribution in [0, 0.1) is 0 Å². The molecule has 0 bridgehead atoms. The second-order valence-corrected chi connectivity index (χ2v) is 6.06. The third-order valence-corrected chi connectivity index (χ3v) is 4.68. The van der Waals surface area contributed by atoms with Gasteiger partial charge in [-0.3, -0.25) is 0 Å². The number of nitrogens with zero attached hydrogens (tertiary/aromatic N) is 1. The number of carboxylic acid groups (broad SMARTS) is 1. The van der Waals surface area contributed by atoms with Crippen LogP contribution >= 0.6 is 11.6 Å². The second-order valence-electron chi connectivity index (χ2n) is 5.62. The molecule has 2 aromatic rings. The molecule has 0 saturated carbocycles. The van der Waals surface area contributed by atoms with Crippen molar-refractivity contribution in [3.8, 4) is 0 Å². The molecule has 0 radical (unpaired) electrons. The van der Waals surface area contributed by atoms with Crippen molar-refractivity contribution in [1.82, 2.24) is 9.88 Å². The number of carbonyl (C=O) groups excluding carboxylic acids is 1. The molecule has 1 aromatic carbocycles. The fourth-order valence-corrected chi connectivity index (χ4v) is 3.70. The number of benzene rings is 1. The van der Waals surface area contributed by atoms with Crippen LogP contribution in [0.2, 0.25) is 5.02 Å². The zero-order chi connectivity index (χ0) is 14.6. The predicted octanol–water partition coefficient (Wildman–Crippen LogP) is 1.93. The Morgan fingerprint density at radius 2 is 2.14 bits per heavy atom. The minimum Gasteiger partial charge on any atom is -0.545 e. The molecule has 0 unspecified atom stereocenters. The largest absolute Gasteiger partial charge is 0.545 e. The van der Waals surface area contributed by atoms with Gasteiger partial charge in [-0.2, -0.15) is 0 Å². The number of aromatic amines is 1. The summed E-state index contributed by atoms with van der Waals surface area (Å²) in [7, 11) is 0. The van der Waals surface area contributed by atoms with Crippen LogP contribution in [-0.2, 0) is 11.2 Å². The van der Waals surface area contributed by atoms with Gasteiger partial charge in [0.2, 0.25) is 0 Å². The number of hydrogen-bond donors (Lipinski definition) is 1. The molecule has 1 aromatic heterocycles. The van der Waals surface area contributed by atoms with Gasteiger partial charge in [0.05, 0.1) is 17.4 Å². The first-order valence-corrected chi connectivity index (χ1v) is 7.53. The normalized spacial score (nSPS) is 17.9. The lowest BCUT2D eigenvalue weighted by Crippen LogP contribution is -2.38. The molecule has 2 aliphatic heterocycles. The molecule has 0 fully saturated rings. The van der Waals surface area contributed by atoms with E-state index in [1.807, 2.05) is 18.2 Å². The summed E-state index contributed by atoms with van der Waals surface area (Å²) in [6, 6.07) is 5.74. The van der Waals surface area contributed by atoms with E-state index in [2.05, 4.69) is 9.88 Å². The Morgan fingerprint density at radius 1 is 1.29 bits per heavy atom. The summed E-state index contributed by atoms with van der Waals surface area (Å²) in [5.41, 5.74) is 4.33. The third kappa shape index (κ3) is 1.86. The lowest BCUT2D eigenvalue weighted by Gasteiger charge is -2.37. The van der Waals surface area contributed by atoms with Gasteiger partial charge in [0.1, 0.15) is 0 Å².